The van der Waals surface area contributed by atoms with Crippen molar-refractivity contribution in [1.82, 2.24) is 10.3 Å². The van der Waals surface area contributed by atoms with Crippen molar-refractivity contribution in [3.05, 3.63) is 77.1 Å². The van der Waals surface area contributed by atoms with E-state index in [1.807, 2.05) is 6.07 Å². The summed E-state index contributed by atoms with van der Waals surface area (Å²) < 4.78 is 30.2. The van der Waals surface area contributed by atoms with Crippen molar-refractivity contribution >= 4 is 27.1 Å². The third-order valence-corrected chi connectivity index (χ3v) is 9.50. The van der Waals surface area contributed by atoms with Gasteiger partial charge in [0.1, 0.15) is 12.4 Å². The topological polar surface area (TPSA) is 109 Å². The molecule has 0 spiro atoms. The molecule has 0 unspecified atom stereocenters. The molecule has 2 heterocycles. The predicted molar refractivity (Wildman–Crippen MR) is 149 cm³/mol. The van der Waals surface area contributed by atoms with E-state index in [9.17, 15) is 18.3 Å². The molecule has 1 amide bonds. The van der Waals surface area contributed by atoms with Crippen LogP contribution in [0.15, 0.2) is 59.5 Å². The molecule has 3 aliphatic rings. The van der Waals surface area contributed by atoms with Gasteiger partial charge in [-0.15, -0.1) is 0 Å². The maximum Gasteiger partial charge on any atom is 0.251 e. The molecule has 6 rings (SSSR count). The molecule has 9 heteroatoms. The zero-order valence-corrected chi connectivity index (χ0v) is 22.8. The number of benzene rings is 2. The highest BCUT2D eigenvalue weighted by Gasteiger charge is 2.32. The summed E-state index contributed by atoms with van der Waals surface area (Å²) in [7, 11) is -3.33. The van der Waals surface area contributed by atoms with Crippen LogP contribution in [0.5, 0.6) is 5.75 Å². The number of carbonyl (C=O) groups excluding carboxylic acids is 1. The van der Waals surface area contributed by atoms with Gasteiger partial charge in [0.15, 0.2) is 9.84 Å². The number of hydrogen-bond donors (Lipinski definition) is 2. The fourth-order valence-corrected chi connectivity index (χ4v) is 5.95. The van der Waals surface area contributed by atoms with Crippen molar-refractivity contribution in [2.45, 2.75) is 55.4 Å². The first-order valence-electron chi connectivity index (χ1n) is 13.7. The molecule has 39 heavy (non-hydrogen) atoms. The SMILES string of the molecule is CCS(=O)(=O)c1ccc([C@H](CO)NC(=O)c2ccc3c(c2)OCCN3c2cc(C3CC3)nc(C3CC3)c2)cc1. The number of hydrogen-bond acceptors (Lipinski definition) is 7. The van der Waals surface area contributed by atoms with E-state index in [0.29, 0.717) is 41.9 Å². The molecule has 2 N–H and O–H groups in total. The number of pyridine rings is 1. The van der Waals surface area contributed by atoms with Gasteiger partial charge in [0, 0.05) is 34.5 Å². The number of ether oxygens (including phenoxy) is 1. The lowest BCUT2D eigenvalue weighted by atomic mass is 10.1. The Morgan fingerprint density at radius 3 is 2.31 bits per heavy atom. The summed E-state index contributed by atoms with van der Waals surface area (Å²) in [5, 5.41) is 12.8. The van der Waals surface area contributed by atoms with Crippen LogP contribution in [0.25, 0.3) is 0 Å². The molecule has 2 saturated carbocycles. The monoisotopic (exact) mass is 547 g/mol. The maximum atomic E-state index is 13.2. The van der Waals surface area contributed by atoms with Crippen molar-refractivity contribution in [3.63, 3.8) is 0 Å². The summed E-state index contributed by atoms with van der Waals surface area (Å²) in [4.78, 5) is 20.6. The highest BCUT2D eigenvalue weighted by atomic mass is 32.2. The van der Waals surface area contributed by atoms with E-state index in [1.165, 1.54) is 49.2 Å². The molecule has 2 aliphatic carbocycles. The average Bonchev–Trinajstić information content (AvgIpc) is 3.88. The lowest BCUT2D eigenvalue weighted by molar-refractivity contribution is 0.0915. The Balaban J connectivity index is 1.22. The number of nitrogens with zero attached hydrogens (tertiary/aromatic N) is 2. The number of aromatic nitrogens is 1. The van der Waals surface area contributed by atoms with Crippen LogP contribution in [0.3, 0.4) is 0 Å². The lowest BCUT2D eigenvalue weighted by Gasteiger charge is -2.32. The second-order valence-corrected chi connectivity index (χ2v) is 12.9. The van der Waals surface area contributed by atoms with Crippen LogP contribution in [-0.2, 0) is 9.84 Å². The Kier molecular flexibility index (Phi) is 6.81. The molecule has 2 fully saturated rings. The fraction of sp³-hybridized carbons (Fsp3) is 0.400. The standard InChI is InChI=1S/C30H33N3O5S/c1-2-39(36,37)24-10-7-21(8-11-24)27(18-34)32-30(35)22-9-12-28-29(15-22)38-14-13-33(28)23-16-25(19-3-4-19)31-26(17-23)20-5-6-20/h7-12,15-17,19-20,27,34H,2-6,13-14,18H2,1H3,(H,32,35)/t27-/m0/s1. The smallest absolute Gasteiger partial charge is 0.251 e. The second-order valence-electron chi connectivity index (χ2n) is 10.6. The molecule has 1 atom stereocenters. The normalized spacial score (nSPS) is 17.7. The summed E-state index contributed by atoms with van der Waals surface area (Å²) >= 11 is 0. The molecule has 8 nitrogen and oxygen atoms in total. The zero-order chi connectivity index (χ0) is 27.1. The Bertz CT molecular complexity index is 1470. The van der Waals surface area contributed by atoms with Gasteiger partial charge >= 0.3 is 0 Å². The highest BCUT2D eigenvalue weighted by molar-refractivity contribution is 7.91. The highest BCUT2D eigenvalue weighted by Crippen LogP contribution is 2.46. The Hall–Kier alpha value is -3.43. The molecule has 204 valence electrons. The van der Waals surface area contributed by atoms with Gasteiger partial charge in [-0.3, -0.25) is 9.78 Å². The number of rotatable bonds is 9. The molecular formula is C30H33N3O5S. The van der Waals surface area contributed by atoms with E-state index in [1.54, 1.807) is 31.2 Å². The van der Waals surface area contributed by atoms with E-state index in [2.05, 4.69) is 22.3 Å². The molecule has 1 aliphatic heterocycles. The number of carbonyl (C=O) groups is 1. The van der Waals surface area contributed by atoms with Gasteiger partial charge in [-0.05, 0) is 73.7 Å². The molecule has 2 aromatic carbocycles. The lowest BCUT2D eigenvalue weighted by Crippen LogP contribution is -2.32. The Morgan fingerprint density at radius 1 is 1.05 bits per heavy atom. The predicted octanol–water partition coefficient (Wildman–Crippen LogP) is 4.62. The number of aliphatic hydroxyl groups is 1. The number of nitrogens with one attached hydrogen (secondary N) is 1. The van der Waals surface area contributed by atoms with Crippen LogP contribution in [-0.4, -0.2) is 49.9 Å². The van der Waals surface area contributed by atoms with Gasteiger partial charge in [0.05, 0.1) is 35.5 Å². The number of amides is 1. The first kappa shape index (κ1) is 25.8. The van der Waals surface area contributed by atoms with Gasteiger partial charge in [0.2, 0.25) is 0 Å². The van der Waals surface area contributed by atoms with Crippen molar-refractivity contribution in [1.29, 1.82) is 0 Å². The Labute approximate surface area is 228 Å². The number of aliphatic hydroxyl groups excluding tert-OH is 1. The van der Waals surface area contributed by atoms with Crippen molar-refractivity contribution in [3.8, 4) is 5.75 Å². The largest absolute Gasteiger partial charge is 0.490 e. The first-order valence-corrected chi connectivity index (χ1v) is 15.3. The third-order valence-electron chi connectivity index (χ3n) is 7.75. The van der Waals surface area contributed by atoms with Crippen LogP contribution in [0.4, 0.5) is 11.4 Å². The van der Waals surface area contributed by atoms with Crippen LogP contribution >= 0.6 is 0 Å². The van der Waals surface area contributed by atoms with E-state index in [-0.39, 0.29) is 23.2 Å². The van der Waals surface area contributed by atoms with Gasteiger partial charge in [0.25, 0.3) is 5.91 Å². The minimum absolute atomic E-state index is 0.00879. The summed E-state index contributed by atoms with van der Waals surface area (Å²) in [6, 6.07) is 15.4. The molecule has 3 aromatic rings. The van der Waals surface area contributed by atoms with E-state index < -0.39 is 15.9 Å². The molecule has 0 radical (unpaired) electrons. The van der Waals surface area contributed by atoms with Gasteiger partial charge in [-0.2, -0.15) is 0 Å². The van der Waals surface area contributed by atoms with Crippen LogP contribution in [0.1, 0.15) is 77.8 Å². The van der Waals surface area contributed by atoms with E-state index in [4.69, 9.17) is 9.72 Å². The third kappa shape index (κ3) is 5.38. The second kappa shape index (κ2) is 10.3. The van der Waals surface area contributed by atoms with Gasteiger partial charge in [-0.25, -0.2) is 8.42 Å². The number of sulfone groups is 1. The summed E-state index contributed by atoms with van der Waals surface area (Å²) in [6.07, 6.45) is 4.82. The summed E-state index contributed by atoms with van der Waals surface area (Å²) in [5.41, 5.74) is 5.47. The number of fused-ring (bicyclic) bond motifs is 1. The van der Waals surface area contributed by atoms with Crippen LogP contribution < -0.4 is 15.0 Å². The van der Waals surface area contributed by atoms with Crippen LogP contribution in [0, 0.1) is 0 Å². The fourth-order valence-electron chi connectivity index (χ4n) is 5.07. The minimum Gasteiger partial charge on any atom is -0.490 e. The van der Waals surface area contributed by atoms with Crippen molar-refractivity contribution in [2.24, 2.45) is 0 Å². The van der Waals surface area contributed by atoms with Gasteiger partial charge in [-0.1, -0.05) is 19.1 Å². The summed E-state index contributed by atoms with van der Waals surface area (Å²) in [5.74, 6) is 1.44. The van der Waals surface area contributed by atoms with E-state index in [0.717, 1.165) is 11.4 Å². The first-order chi connectivity index (χ1) is 18.9. The minimum atomic E-state index is -3.33. The summed E-state index contributed by atoms with van der Waals surface area (Å²) in [6.45, 7) is 2.49. The number of anilines is 2. The quantitative estimate of drug-likeness (QED) is 0.402. The molecule has 0 saturated heterocycles. The Morgan fingerprint density at radius 2 is 1.72 bits per heavy atom. The maximum absolute atomic E-state index is 13.2. The average molecular weight is 548 g/mol. The molecule has 1 aromatic heterocycles. The van der Waals surface area contributed by atoms with E-state index >= 15 is 0 Å². The molecule has 0 bridgehead atoms. The van der Waals surface area contributed by atoms with Gasteiger partial charge < -0.3 is 20.1 Å². The molecular weight excluding hydrogens is 514 g/mol. The zero-order valence-electron chi connectivity index (χ0n) is 22.0. The van der Waals surface area contributed by atoms with Crippen molar-refractivity contribution in [2.75, 3.05) is 30.4 Å². The van der Waals surface area contributed by atoms with Crippen molar-refractivity contribution < 1.29 is 23.1 Å². The van der Waals surface area contributed by atoms with Crippen LogP contribution in [0.2, 0.25) is 0 Å².